The number of H-pyrrole nitrogens is 1. The van der Waals surface area contributed by atoms with Gasteiger partial charge in [0.2, 0.25) is 5.91 Å². The van der Waals surface area contributed by atoms with Gasteiger partial charge in [0.05, 0.1) is 5.41 Å². The van der Waals surface area contributed by atoms with Gasteiger partial charge in [0.15, 0.2) is 0 Å². The zero-order valence-electron chi connectivity index (χ0n) is 17.1. The van der Waals surface area contributed by atoms with Gasteiger partial charge in [-0.1, -0.05) is 54.6 Å². The van der Waals surface area contributed by atoms with E-state index in [1.165, 1.54) is 0 Å². The Bertz CT molecular complexity index is 1020. The summed E-state index contributed by atoms with van der Waals surface area (Å²) in [7, 11) is 0. The topological polar surface area (TPSA) is 78.1 Å². The molecule has 30 heavy (non-hydrogen) atoms. The van der Waals surface area contributed by atoms with Gasteiger partial charge in [0.25, 0.3) is 5.91 Å². The van der Waals surface area contributed by atoms with E-state index in [0.29, 0.717) is 38.2 Å². The fraction of sp³-hybridized carbons (Fsp3) is 0.292. The third kappa shape index (κ3) is 3.85. The average molecular weight is 402 g/mol. The van der Waals surface area contributed by atoms with Crippen LogP contribution >= 0.6 is 0 Å². The molecule has 0 aliphatic carbocycles. The van der Waals surface area contributed by atoms with E-state index in [9.17, 15) is 9.59 Å². The maximum atomic E-state index is 13.2. The molecular formula is C24H26N4O2. The standard InChI is InChI=1S/C24H26N4O2/c1-2-25-23(30)24(13-15-28(17-24)22(29)21-12-14-26-27-21)16-19-10-6-7-11-20(19)18-8-4-3-5-9-18/h3-12,14H,2,13,15-17H2,1H3,(H,25,30)(H,26,27)/t24-/m1/s1. The van der Waals surface area contributed by atoms with Crippen LogP contribution in [0.25, 0.3) is 11.1 Å². The van der Waals surface area contributed by atoms with Crippen molar-refractivity contribution in [2.45, 2.75) is 19.8 Å². The maximum absolute atomic E-state index is 13.2. The van der Waals surface area contributed by atoms with Gasteiger partial charge >= 0.3 is 0 Å². The number of carbonyl (C=O) groups excluding carboxylic acids is 2. The van der Waals surface area contributed by atoms with Crippen molar-refractivity contribution in [1.29, 1.82) is 0 Å². The minimum atomic E-state index is -0.656. The van der Waals surface area contributed by atoms with E-state index >= 15 is 0 Å². The van der Waals surface area contributed by atoms with Crippen molar-refractivity contribution in [3.8, 4) is 11.1 Å². The number of likely N-dealkylation sites (tertiary alicyclic amines) is 1. The zero-order valence-corrected chi connectivity index (χ0v) is 17.1. The molecule has 2 heterocycles. The fourth-order valence-electron chi connectivity index (χ4n) is 4.29. The Labute approximate surface area is 176 Å². The largest absolute Gasteiger partial charge is 0.356 e. The molecule has 1 saturated heterocycles. The van der Waals surface area contributed by atoms with Crippen LogP contribution in [-0.2, 0) is 11.2 Å². The van der Waals surface area contributed by atoms with Crippen molar-refractivity contribution in [3.63, 3.8) is 0 Å². The molecular weight excluding hydrogens is 376 g/mol. The fourth-order valence-corrected chi connectivity index (χ4v) is 4.29. The first-order valence-electron chi connectivity index (χ1n) is 10.3. The van der Waals surface area contributed by atoms with Crippen molar-refractivity contribution in [3.05, 3.63) is 78.1 Å². The molecule has 154 valence electrons. The highest BCUT2D eigenvalue weighted by Gasteiger charge is 2.46. The lowest BCUT2D eigenvalue weighted by molar-refractivity contribution is -0.130. The summed E-state index contributed by atoms with van der Waals surface area (Å²) in [6.45, 7) is 3.42. The van der Waals surface area contributed by atoms with Crippen molar-refractivity contribution in [2.24, 2.45) is 5.41 Å². The van der Waals surface area contributed by atoms with Crippen LogP contribution in [0.2, 0.25) is 0 Å². The zero-order chi connectivity index (χ0) is 21.0. The molecule has 0 unspecified atom stereocenters. The predicted octanol–water partition coefficient (Wildman–Crippen LogP) is 3.29. The first-order chi connectivity index (χ1) is 14.6. The molecule has 3 aromatic rings. The van der Waals surface area contributed by atoms with E-state index in [4.69, 9.17) is 0 Å². The second-order valence-corrected chi connectivity index (χ2v) is 7.79. The second kappa shape index (κ2) is 8.53. The van der Waals surface area contributed by atoms with Crippen LogP contribution in [0, 0.1) is 5.41 Å². The van der Waals surface area contributed by atoms with E-state index in [2.05, 4.69) is 39.8 Å². The van der Waals surface area contributed by atoms with Crippen molar-refractivity contribution < 1.29 is 9.59 Å². The molecule has 1 atom stereocenters. The number of amides is 2. The normalized spacial score (nSPS) is 18.4. The lowest BCUT2D eigenvalue weighted by Crippen LogP contribution is -2.45. The van der Waals surface area contributed by atoms with Gasteiger partial charge in [-0.15, -0.1) is 0 Å². The Morgan fingerprint density at radius 3 is 2.60 bits per heavy atom. The molecule has 1 fully saturated rings. The lowest BCUT2D eigenvalue weighted by Gasteiger charge is -2.29. The Balaban J connectivity index is 1.65. The SMILES string of the molecule is CCNC(=O)[C@@]1(Cc2ccccc2-c2ccccc2)CCN(C(=O)c2ccn[nH]2)C1. The van der Waals surface area contributed by atoms with Crippen LogP contribution in [0.15, 0.2) is 66.9 Å². The Hall–Kier alpha value is -3.41. The van der Waals surface area contributed by atoms with Crippen molar-refractivity contribution in [1.82, 2.24) is 20.4 Å². The van der Waals surface area contributed by atoms with Crippen LogP contribution in [0.3, 0.4) is 0 Å². The summed E-state index contributed by atoms with van der Waals surface area (Å²) in [4.78, 5) is 27.8. The Morgan fingerprint density at radius 2 is 1.87 bits per heavy atom. The van der Waals surface area contributed by atoms with Gasteiger partial charge in [-0.25, -0.2) is 0 Å². The third-order valence-electron chi connectivity index (χ3n) is 5.82. The van der Waals surface area contributed by atoms with Crippen LogP contribution < -0.4 is 5.32 Å². The average Bonchev–Trinajstić information content (AvgIpc) is 3.46. The first-order valence-corrected chi connectivity index (χ1v) is 10.3. The minimum Gasteiger partial charge on any atom is -0.356 e. The summed E-state index contributed by atoms with van der Waals surface area (Å²) in [5.74, 6) is -0.109. The Kier molecular flexibility index (Phi) is 5.65. The maximum Gasteiger partial charge on any atom is 0.271 e. The third-order valence-corrected chi connectivity index (χ3v) is 5.82. The number of aromatic amines is 1. The summed E-state index contributed by atoms with van der Waals surface area (Å²) in [6.07, 6.45) is 2.77. The van der Waals surface area contributed by atoms with E-state index in [-0.39, 0.29) is 11.8 Å². The lowest BCUT2D eigenvalue weighted by atomic mass is 9.78. The van der Waals surface area contributed by atoms with E-state index in [1.807, 2.05) is 37.3 Å². The number of carbonyl (C=O) groups is 2. The summed E-state index contributed by atoms with van der Waals surface area (Å²) < 4.78 is 0. The van der Waals surface area contributed by atoms with Gasteiger partial charge in [-0.3, -0.25) is 14.7 Å². The number of rotatable bonds is 6. The number of nitrogens with one attached hydrogen (secondary N) is 2. The molecule has 1 aliphatic heterocycles. The molecule has 1 aliphatic rings. The molecule has 6 nitrogen and oxygen atoms in total. The van der Waals surface area contributed by atoms with Gasteiger partial charge < -0.3 is 10.2 Å². The van der Waals surface area contributed by atoms with Gasteiger partial charge in [0.1, 0.15) is 5.69 Å². The number of hydrogen-bond donors (Lipinski definition) is 2. The number of benzene rings is 2. The van der Waals surface area contributed by atoms with Gasteiger partial charge in [-0.05, 0) is 42.5 Å². The molecule has 2 N–H and O–H groups in total. The predicted molar refractivity (Wildman–Crippen MR) is 116 cm³/mol. The van der Waals surface area contributed by atoms with E-state index < -0.39 is 5.41 Å². The minimum absolute atomic E-state index is 0.00720. The van der Waals surface area contributed by atoms with Crippen LogP contribution in [0.4, 0.5) is 0 Å². The molecule has 0 spiro atoms. The Morgan fingerprint density at radius 1 is 1.10 bits per heavy atom. The second-order valence-electron chi connectivity index (χ2n) is 7.79. The van der Waals surface area contributed by atoms with E-state index in [0.717, 1.165) is 16.7 Å². The summed E-state index contributed by atoms with van der Waals surface area (Å²) >= 11 is 0. The number of aromatic nitrogens is 2. The van der Waals surface area contributed by atoms with Crippen molar-refractivity contribution >= 4 is 11.8 Å². The molecule has 2 amide bonds. The van der Waals surface area contributed by atoms with Crippen LogP contribution in [0.1, 0.15) is 29.4 Å². The number of hydrogen-bond acceptors (Lipinski definition) is 3. The molecule has 6 heteroatoms. The molecule has 2 aromatic carbocycles. The van der Waals surface area contributed by atoms with E-state index in [1.54, 1.807) is 17.2 Å². The first kappa shape index (κ1) is 19.9. The summed E-state index contributed by atoms with van der Waals surface area (Å²) in [6, 6.07) is 20.1. The van der Waals surface area contributed by atoms with Crippen molar-refractivity contribution in [2.75, 3.05) is 19.6 Å². The van der Waals surface area contributed by atoms with Crippen LogP contribution in [-0.4, -0.2) is 46.5 Å². The summed E-state index contributed by atoms with van der Waals surface area (Å²) in [5.41, 5.74) is 3.16. The molecule has 0 bridgehead atoms. The smallest absolute Gasteiger partial charge is 0.271 e. The monoisotopic (exact) mass is 402 g/mol. The molecule has 0 radical (unpaired) electrons. The molecule has 4 rings (SSSR count). The molecule has 0 saturated carbocycles. The highest BCUT2D eigenvalue weighted by molar-refractivity contribution is 5.93. The highest BCUT2D eigenvalue weighted by atomic mass is 16.2. The quantitative estimate of drug-likeness (QED) is 0.664. The molecule has 1 aromatic heterocycles. The highest BCUT2D eigenvalue weighted by Crippen LogP contribution is 2.38. The summed E-state index contributed by atoms with van der Waals surface area (Å²) in [5, 5.41) is 9.62. The van der Waals surface area contributed by atoms with Crippen LogP contribution in [0.5, 0.6) is 0 Å². The number of nitrogens with zero attached hydrogens (tertiary/aromatic N) is 2. The van der Waals surface area contributed by atoms with Gasteiger partial charge in [0, 0.05) is 25.8 Å². The van der Waals surface area contributed by atoms with Gasteiger partial charge in [-0.2, -0.15) is 5.10 Å².